The molecule has 1 aliphatic rings. The van der Waals surface area contributed by atoms with Crippen LogP contribution < -0.4 is 4.74 Å². The van der Waals surface area contributed by atoms with E-state index < -0.39 is 0 Å². The number of fused-ring (bicyclic) bond motifs is 7. The highest BCUT2D eigenvalue weighted by atomic mass is 16.5. The van der Waals surface area contributed by atoms with Crippen LogP contribution >= 0.6 is 0 Å². The van der Waals surface area contributed by atoms with Crippen LogP contribution in [0, 0.1) is 0 Å². The summed E-state index contributed by atoms with van der Waals surface area (Å²) in [5.74, 6) is 1.79. The molecule has 0 fully saturated rings. The fourth-order valence-corrected chi connectivity index (χ4v) is 5.38. The van der Waals surface area contributed by atoms with Crippen LogP contribution in [0.25, 0.3) is 38.8 Å². The van der Waals surface area contributed by atoms with E-state index in [0.717, 1.165) is 49.8 Å². The summed E-state index contributed by atoms with van der Waals surface area (Å²) in [4.78, 5) is 14.5. The quantitative estimate of drug-likeness (QED) is 0.275. The molecule has 0 radical (unpaired) electrons. The van der Waals surface area contributed by atoms with E-state index in [9.17, 15) is 0 Å². The van der Waals surface area contributed by atoms with Gasteiger partial charge in [-0.15, -0.1) is 5.10 Å². The summed E-state index contributed by atoms with van der Waals surface area (Å²) in [6, 6.07) is 35.1. The molecule has 8 rings (SSSR count). The first kappa shape index (κ1) is 20.1. The topological polar surface area (TPSA) is 65.2 Å². The van der Waals surface area contributed by atoms with Crippen molar-refractivity contribution in [2.75, 3.05) is 0 Å². The minimum atomic E-state index is -0.121. The van der Waals surface area contributed by atoms with E-state index in [1.807, 2.05) is 42.5 Å². The van der Waals surface area contributed by atoms with E-state index in [0.29, 0.717) is 17.4 Å². The molecular weight excluding hydrogens is 458 g/mol. The first-order valence-corrected chi connectivity index (χ1v) is 12.2. The lowest BCUT2D eigenvalue weighted by molar-refractivity contribution is 0.433. The van der Waals surface area contributed by atoms with Crippen molar-refractivity contribution in [1.82, 2.24) is 24.6 Å². The molecule has 0 saturated carbocycles. The summed E-state index contributed by atoms with van der Waals surface area (Å²) in [7, 11) is 0. The Balaban J connectivity index is 1.40. The smallest absolute Gasteiger partial charge is 0.228 e. The lowest BCUT2D eigenvalue weighted by Crippen LogP contribution is -2.15. The molecule has 7 aromatic rings. The van der Waals surface area contributed by atoms with E-state index >= 15 is 0 Å². The van der Waals surface area contributed by atoms with Gasteiger partial charge in [-0.05, 0) is 34.5 Å². The predicted octanol–water partition coefficient (Wildman–Crippen LogP) is 6.78. The van der Waals surface area contributed by atoms with Crippen LogP contribution in [0.3, 0.4) is 0 Å². The first-order chi connectivity index (χ1) is 18.3. The average molecular weight is 478 g/mol. The highest BCUT2D eigenvalue weighted by Gasteiger charge is 2.34. The molecule has 0 N–H and O–H groups in total. The number of hydrogen-bond acceptors (Lipinski definition) is 5. The minimum absolute atomic E-state index is 0.121. The van der Waals surface area contributed by atoms with Crippen molar-refractivity contribution >= 4 is 27.3 Å². The van der Waals surface area contributed by atoms with Gasteiger partial charge >= 0.3 is 0 Å². The zero-order chi connectivity index (χ0) is 24.3. The molecule has 1 atom stereocenters. The third kappa shape index (κ3) is 3.06. The third-order valence-corrected chi connectivity index (χ3v) is 7.06. The molecule has 6 heteroatoms. The maximum Gasteiger partial charge on any atom is 0.228 e. The number of para-hydroxylation sites is 1. The zero-order valence-corrected chi connectivity index (χ0v) is 19.6. The van der Waals surface area contributed by atoms with Gasteiger partial charge in [-0.2, -0.15) is 0 Å². The van der Waals surface area contributed by atoms with Crippen molar-refractivity contribution in [3.05, 3.63) is 126 Å². The van der Waals surface area contributed by atoms with Gasteiger partial charge in [0.05, 0.1) is 11.1 Å². The lowest BCUT2D eigenvalue weighted by Gasteiger charge is -2.29. The van der Waals surface area contributed by atoms with E-state index in [1.165, 1.54) is 0 Å². The van der Waals surface area contributed by atoms with Crippen molar-refractivity contribution in [1.29, 1.82) is 0 Å². The minimum Gasteiger partial charge on any atom is -0.438 e. The molecule has 0 spiro atoms. The molecule has 0 unspecified atom stereocenters. The van der Waals surface area contributed by atoms with Crippen molar-refractivity contribution in [3.8, 4) is 23.1 Å². The molecule has 37 heavy (non-hydrogen) atoms. The summed E-state index contributed by atoms with van der Waals surface area (Å²) in [5, 5.41) is 8.16. The fourth-order valence-electron chi connectivity index (χ4n) is 5.38. The fraction of sp³-hybridized carbons (Fsp3) is 0.0323. The third-order valence-electron chi connectivity index (χ3n) is 7.06. The number of rotatable bonds is 2. The Labute approximate surface area is 211 Å². The summed E-state index contributed by atoms with van der Waals surface area (Å²) in [6.07, 6.45) is 1.67. The summed E-state index contributed by atoms with van der Waals surface area (Å²) in [6.45, 7) is 0. The normalized spacial score (nSPS) is 14.4. The summed E-state index contributed by atoms with van der Waals surface area (Å²) < 4.78 is 8.15. The van der Waals surface area contributed by atoms with Gasteiger partial charge in [0.1, 0.15) is 17.8 Å². The van der Waals surface area contributed by atoms with Crippen LogP contribution in [0.1, 0.15) is 22.6 Å². The van der Waals surface area contributed by atoms with Crippen molar-refractivity contribution in [2.24, 2.45) is 0 Å². The predicted molar refractivity (Wildman–Crippen MR) is 143 cm³/mol. The number of pyridine rings is 1. The van der Waals surface area contributed by atoms with Crippen molar-refractivity contribution < 1.29 is 4.74 Å². The molecule has 4 aromatic carbocycles. The second-order valence-corrected chi connectivity index (χ2v) is 9.20. The maximum atomic E-state index is 6.41. The second-order valence-electron chi connectivity index (χ2n) is 9.20. The maximum absolute atomic E-state index is 6.41. The molecule has 174 valence electrons. The molecule has 4 heterocycles. The van der Waals surface area contributed by atoms with Crippen LogP contribution in [-0.2, 0) is 0 Å². The van der Waals surface area contributed by atoms with Gasteiger partial charge < -0.3 is 4.74 Å². The number of ether oxygens (including phenoxy) is 1. The number of aromatic nitrogens is 5. The van der Waals surface area contributed by atoms with E-state index in [4.69, 9.17) is 19.8 Å². The highest BCUT2D eigenvalue weighted by molar-refractivity contribution is 5.91. The summed E-state index contributed by atoms with van der Waals surface area (Å²) >= 11 is 0. The number of nitrogens with zero attached hydrogens (tertiary/aromatic N) is 5. The van der Waals surface area contributed by atoms with Crippen LogP contribution in [-0.4, -0.2) is 24.6 Å². The van der Waals surface area contributed by atoms with Gasteiger partial charge in [-0.1, -0.05) is 84.9 Å². The molecule has 0 bridgehead atoms. The van der Waals surface area contributed by atoms with Crippen LogP contribution in [0.5, 0.6) is 11.6 Å². The second kappa shape index (κ2) is 7.70. The van der Waals surface area contributed by atoms with Gasteiger partial charge in [0.2, 0.25) is 11.7 Å². The molecule has 3 aromatic heterocycles. The Bertz CT molecular complexity index is 1980. The van der Waals surface area contributed by atoms with Gasteiger partial charge in [0, 0.05) is 16.9 Å². The molecule has 0 aliphatic carbocycles. The van der Waals surface area contributed by atoms with Crippen LogP contribution in [0.15, 0.2) is 109 Å². The van der Waals surface area contributed by atoms with Gasteiger partial charge in [0.25, 0.3) is 0 Å². The lowest BCUT2D eigenvalue weighted by atomic mass is 9.81. The Hall–Kier alpha value is -5.10. The standard InChI is InChI=1S/C31H19N5O/c1-2-10-21(11-3-1)26-27-22-12-6-4-8-19(22)15-17-25(27)37-31-28(26)30-34-29(35-36(30)18-32-31)24-16-14-20-9-5-7-13-23(20)33-24/h1-18,26H/t26-/m0/s1. The van der Waals surface area contributed by atoms with E-state index in [2.05, 4.69) is 65.6 Å². The SMILES string of the molecule is c1ccc([C@H]2c3c(ccc4ccccc34)Oc3ncn4nc(-c5ccc6ccccc6n5)nc4c32)cc1. The molecule has 0 saturated heterocycles. The molecule has 1 aliphatic heterocycles. The van der Waals surface area contributed by atoms with Crippen molar-refractivity contribution in [3.63, 3.8) is 0 Å². The first-order valence-electron chi connectivity index (χ1n) is 12.2. The van der Waals surface area contributed by atoms with E-state index in [-0.39, 0.29) is 5.92 Å². The van der Waals surface area contributed by atoms with Gasteiger partial charge in [0.15, 0.2) is 5.65 Å². The zero-order valence-electron chi connectivity index (χ0n) is 19.6. The Morgan fingerprint density at radius 2 is 1.46 bits per heavy atom. The van der Waals surface area contributed by atoms with Crippen LogP contribution in [0.4, 0.5) is 0 Å². The Morgan fingerprint density at radius 3 is 2.38 bits per heavy atom. The van der Waals surface area contributed by atoms with Crippen molar-refractivity contribution in [2.45, 2.75) is 5.92 Å². The molecule has 6 nitrogen and oxygen atoms in total. The molecule has 0 amide bonds. The van der Waals surface area contributed by atoms with E-state index in [1.54, 1.807) is 10.8 Å². The van der Waals surface area contributed by atoms with Gasteiger partial charge in [-0.3, -0.25) is 0 Å². The Kier molecular flexibility index (Phi) is 4.19. The highest BCUT2D eigenvalue weighted by Crippen LogP contribution is 2.50. The number of hydrogen-bond donors (Lipinski definition) is 0. The van der Waals surface area contributed by atoms with Gasteiger partial charge in [-0.25, -0.2) is 19.5 Å². The summed E-state index contributed by atoms with van der Waals surface area (Å²) in [5.41, 5.74) is 5.49. The monoisotopic (exact) mass is 477 g/mol. The number of benzene rings is 4. The average Bonchev–Trinajstić information content (AvgIpc) is 3.41. The molecular formula is C31H19N5O. The Morgan fingerprint density at radius 1 is 0.676 bits per heavy atom. The van der Waals surface area contributed by atoms with Crippen LogP contribution in [0.2, 0.25) is 0 Å². The largest absolute Gasteiger partial charge is 0.438 e.